The first kappa shape index (κ1) is 18.3. The largest absolute Gasteiger partial charge is 0.609 e. The highest BCUT2D eigenvalue weighted by Crippen LogP contribution is 2.33. The number of hydrogen-bond acceptors (Lipinski definition) is 5. The molecule has 1 unspecified atom stereocenters. The van der Waals surface area contributed by atoms with Gasteiger partial charge in [0.15, 0.2) is 17.3 Å². The molecular formula is C16H14F3N3O3S. The average Bonchev–Trinajstić information content (AvgIpc) is 3.04. The second kappa shape index (κ2) is 7.04. The van der Waals surface area contributed by atoms with Crippen molar-refractivity contribution >= 4 is 22.2 Å². The molecule has 26 heavy (non-hydrogen) atoms. The summed E-state index contributed by atoms with van der Waals surface area (Å²) in [6.07, 6.45) is -2.98. The monoisotopic (exact) mass is 385 g/mol. The Bertz CT molecular complexity index is 930. The molecule has 1 atom stereocenters. The lowest BCUT2D eigenvalue weighted by molar-refractivity contribution is -0.137. The molecule has 2 aromatic heterocycles. The average molecular weight is 385 g/mol. The number of nitrogens with zero attached hydrogens (tertiary/aromatic N) is 2. The Morgan fingerprint density at radius 1 is 1.19 bits per heavy atom. The van der Waals surface area contributed by atoms with Crippen molar-refractivity contribution in [1.29, 1.82) is 0 Å². The van der Waals surface area contributed by atoms with Gasteiger partial charge in [-0.05, 0) is 18.2 Å². The Labute approximate surface area is 149 Å². The number of fused-ring (bicyclic) bond motifs is 1. The van der Waals surface area contributed by atoms with Crippen molar-refractivity contribution in [2.24, 2.45) is 0 Å². The third-order valence-corrected chi connectivity index (χ3v) is 4.80. The highest BCUT2D eigenvalue weighted by Gasteiger charge is 2.31. The van der Waals surface area contributed by atoms with E-state index in [1.807, 2.05) is 0 Å². The lowest BCUT2D eigenvalue weighted by Crippen LogP contribution is -2.10. The highest BCUT2D eigenvalue weighted by atomic mass is 32.2. The van der Waals surface area contributed by atoms with Gasteiger partial charge in [-0.2, -0.15) is 18.2 Å². The molecule has 138 valence electrons. The Kier molecular flexibility index (Phi) is 4.97. The summed E-state index contributed by atoms with van der Waals surface area (Å²) in [6, 6.07) is 4.72. The number of alkyl halides is 3. The van der Waals surface area contributed by atoms with Gasteiger partial charge in [0.2, 0.25) is 0 Å². The van der Waals surface area contributed by atoms with Crippen molar-refractivity contribution in [3.63, 3.8) is 0 Å². The van der Waals surface area contributed by atoms with Gasteiger partial charge >= 0.3 is 11.3 Å². The SMILES string of the molecule is COc1ccnc(C[S+]([O-])c2nc3cc(C(F)(F)F)ccc3[nH]2)c1OC. The smallest absolute Gasteiger partial charge is 0.416 e. The van der Waals surface area contributed by atoms with Crippen LogP contribution < -0.4 is 9.47 Å². The van der Waals surface area contributed by atoms with E-state index in [4.69, 9.17) is 9.47 Å². The van der Waals surface area contributed by atoms with E-state index in [2.05, 4.69) is 15.0 Å². The standard InChI is InChI=1S/C16H14F3N3O3S/c1-24-13-5-6-20-12(14(13)25-2)8-26(23)15-21-10-4-3-9(16(17,18)19)7-11(10)22-15/h3-7H,8H2,1-2H3,(H,21,22). The van der Waals surface area contributed by atoms with E-state index >= 15 is 0 Å². The summed E-state index contributed by atoms with van der Waals surface area (Å²) in [5.41, 5.74) is 0.0345. The van der Waals surface area contributed by atoms with Gasteiger partial charge < -0.3 is 14.0 Å². The number of ether oxygens (including phenoxy) is 2. The number of methoxy groups -OCH3 is 2. The van der Waals surface area contributed by atoms with Crippen LogP contribution in [0, 0.1) is 0 Å². The topological polar surface area (TPSA) is 83.1 Å². The van der Waals surface area contributed by atoms with Crippen LogP contribution >= 0.6 is 0 Å². The van der Waals surface area contributed by atoms with Gasteiger partial charge in [-0.1, -0.05) is 0 Å². The molecule has 1 aromatic carbocycles. The quantitative estimate of drug-likeness (QED) is 0.682. The lowest BCUT2D eigenvalue weighted by atomic mass is 10.2. The van der Waals surface area contributed by atoms with Crippen molar-refractivity contribution in [2.45, 2.75) is 17.1 Å². The lowest BCUT2D eigenvalue weighted by Gasteiger charge is -2.12. The minimum absolute atomic E-state index is 0.0354. The summed E-state index contributed by atoms with van der Waals surface area (Å²) in [6.45, 7) is 0. The van der Waals surface area contributed by atoms with Gasteiger partial charge in [-0.25, -0.2) is 0 Å². The molecule has 1 N–H and O–H groups in total. The fourth-order valence-corrected chi connectivity index (χ4v) is 3.43. The van der Waals surface area contributed by atoms with Gasteiger partial charge in [-0.3, -0.25) is 9.97 Å². The maximum atomic E-state index is 12.8. The van der Waals surface area contributed by atoms with Crippen LogP contribution in [0.5, 0.6) is 11.5 Å². The molecule has 0 amide bonds. The Hall–Kier alpha value is -2.46. The molecule has 0 spiro atoms. The van der Waals surface area contributed by atoms with E-state index in [9.17, 15) is 17.7 Å². The third-order valence-electron chi connectivity index (χ3n) is 3.64. The molecule has 0 aliphatic rings. The van der Waals surface area contributed by atoms with E-state index in [0.29, 0.717) is 22.7 Å². The van der Waals surface area contributed by atoms with E-state index in [1.54, 1.807) is 6.07 Å². The zero-order valence-electron chi connectivity index (χ0n) is 13.8. The maximum absolute atomic E-state index is 12.8. The number of aromatic amines is 1. The van der Waals surface area contributed by atoms with Gasteiger partial charge in [0, 0.05) is 23.4 Å². The number of rotatable bonds is 5. The maximum Gasteiger partial charge on any atom is 0.416 e. The molecule has 2 heterocycles. The molecular weight excluding hydrogens is 371 g/mol. The van der Waals surface area contributed by atoms with Crippen LogP contribution in [0.25, 0.3) is 11.0 Å². The fourth-order valence-electron chi connectivity index (χ4n) is 2.41. The number of aromatic nitrogens is 3. The van der Waals surface area contributed by atoms with Gasteiger partial charge in [0.1, 0.15) is 5.69 Å². The fraction of sp³-hybridized carbons (Fsp3) is 0.250. The van der Waals surface area contributed by atoms with Crippen LogP contribution in [0.15, 0.2) is 35.6 Å². The zero-order chi connectivity index (χ0) is 18.9. The Morgan fingerprint density at radius 3 is 2.62 bits per heavy atom. The summed E-state index contributed by atoms with van der Waals surface area (Å²) in [5, 5.41) is 0.0611. The number of hydrogen-bond donors (Lipinski definition) is 1. The molecule has 0 fully saturated rings. The van der Waals surface area contributed by atoms with Gasteiger partial charge in [0.25, 0.3) is 0 Å². The number of pyridine rings is 1. The van der Waals surface area contributed by atoms with Crippen molar-refractivity contribution in [3.8, 4) is 11.5 Å². The van der Waals surface area contributed by atoms with E-state index in [1.165, 1.54) is 26.5 Å². The highest BCUT2D eigenvalue weighted by molar-refractivity contribution is 7.90. The van der Waals surface area contributed by atoms with E-state index < -0.39 is 22.9 Å². The van der Waals surface area contributed by atoms with Crippen molar-refractivity contribution in [2.75, 3.05) is 14.2 Å². The van der Waals surface area contributed by atoms with Crippen molar-refractivity contribution in [3.05, 3.63) is 41.7 Å². The summed E-state index contributed by atoms with van der Waals surface area (Å²) in [7, 11) is 2.90. The molecule has 0 aliphatic carbocycles. The zero-order valence-corrected chi connectivity index (χ0v) is 14.6. The molecule has 0 radical (unpaired) electrons. The first-order valence-corrected chi connectivity index (χ1v) is 8.66. The number of benzene rings is 1. The van der Waals surface area contributed by atoms with Gasteiger partial charge in [-0.15, -0.1) is 0 Å². The molecule has 0 aliphatic heterocycles. The second-order valence-corrected chi connectivity index (χ2v) is 6.62. The molecule has 6 nitrogen and oxygen atoms in total. The summed E-state index contributed by atoms with van der Waals surface area (Å²) >= 11 is -1.66. The number of imidazole rings is 1. The molecule has 3 aromatic rings. The van der Waals surface area contributed by atoms with Crippen LogP contribution in [0.3, 0.4) is 0 Å². The number of H-pyrrole nitrogens is 1. The first-order valence-electron chi connectivity index (χ1n) is 7.34. The van der Waals surface area contributed by atoms with Crippen LogP contribution in [0.1, 0.15) is 11.3 Å². The van der Waals surface area contributed by atoms with Gasteiger partial charge in [0.05, 0.1) is 30.8 Å². The predicted molar refractivity (Wildman–Crippen MR) is 88.5 cm³/mol. The Balaban J connectivity index is 1.90. The van der Waals surface area contributed by atoms with E-state index in [-0.39, 0.29) is 16.4 Å². The summed E-state index contributed by atoms with van der Waals surface area (Å²) < 4.78 is 61.4. The normalized spacial score (nSPS) is 13.0. The minimum Gasteiger partial charge on any atom is -0.609 e. The predicted octanol–water partition coefficient (Wildman–Crippen LogP) is 3.30. The molecule has 0 bridgehead atoms. The van der Waals surface area contributed by atoms with Crippen LogP contribution in [-0.4, -0.2) is 33.7 Å². The first-order chi connectivity index (χ1) is 12.3. The molecule has 0 saturated heterocycles. The summed E-state index contributed by atoms with van der Waals surface area (Å²) in [5.74, 6) is 0.750. The van der Waals surface area contributed by atoms with Crippen LogP contribution in [-0.2, 0) is 23.1 Å². The Morgan fingerprint density at radius 2 is 1.96 bits per heavy atom. The second-order valence-electron chi connectivity index (χ2n) is 5.25. The van der Waals surface area contributed by atoms with Crippen molar-refractivity contribution < 1.29 is 27.2 Å². The number of nitrogens with one attached hydrogen (secondary N) is 1. The summed E-state index contributed by atoms with van der Waals surface area (Å²) in [4.78, 5) is 10.9. The molecule has 10 heteroatoms. The molecule has 0 saturated carbocycles. The van der Waals surface area contributed by atoms with Crippen LogP contribution in [0.2, 0.25) is 0 Å². The third kappa shape index (κ3) is 3.56. The minimum atomic E-state index is -4.47. The number of halogens is 3. The van der Waals surface area contributed by atoms with Crippen molar-refractivity contribution in [1.82, 2.24) is 15.0 Å². The van der Waals surface area contributed by atoms with E-state index in [0.717, 1.165) is 12.1 Å². The van der Waals surface area contributed by atoms with Crippen LogP contribution in [0.4, 0.5) is 13.2 Å². The molecule has 3 rings (SSSR count).